The number of carbonyl (C=O) groups is 1. The molecule has 136 valence electrons. The van der Waals surface area contributed by atoms with Crippen molar-refractivity contribution in [3.05, 3.63) is 39.1 Å². The summed E-state index contributed by atoms with van der Waals surface area (Å²) in [6, 6.07) is 3.85. The van der Waals surface area contributed by atoms with Crippen molar-refractivity contribution in [1.82, 2.24) is 20.1 Å². The zero-order valence-corrected chi connectivity index (χ0v) is 17.0. The van der Waals surface area contributed by atoms with Crippen molar-refractivity contribution in [3.8, 4) is 0 Å². The number of anilines is 1. The fourth-order valence-corrected chi connectivity index (χ4v) is 3.42. The lowest BCUT2D eigenvalue weighted by Gasteiger charge is -2.19. The van der Waals surface area contributed by atoms with E-state index in [1.165, 1.54) is 0 Å². The van der Waals surface area contributed by atoms with E-state index in [4.69, 9.17) is 0 Å². The maximum Gasteiger partial charge on any atom is 0.258 e. The highest BCUT2D eigenvalue weighted by Crippen LogP contribution is 2.24. The van der Waals surface area contributed by atoms with Gasteiger partial charge < -0.3 is 5.32 Å². The molecule has 1 fully saturated rings. The lowest BCUT2D eigenvalue weighted by Crippen LogP contribution is -2.27. The zero-order valence-electron chi connectivity index (χ0n) is 14.6. The highest BCUT2D eigenvalue weighted by molar-refractivity contribution is 9.10. The van der Waals surface area contributed by atoms with E-state index in [1.807, 2.05) is 33.0 Å². The molecule has 0 bridgehead atoms. The fraction of sp³-hybridized carbons (Fsp3) is 0.471. The van der Waals surface area contributed by atoms with E-state index in [0.29, 0.717) is 17.4 Å². The van der Waals surface area contributed by atoms with Crippen LogP contribution >= 0.6 is 28.3 Å². The van der Waals surface area contributed by atoms with Crippen LogP contribution in [-0.2, 0) is 7.05 Å². The number of hydrogen-bond donors (Lipinski definition) is 2. The Morgan fingerprint density at radius 2 is 1.96 bits per heavy atom. The lowest BCUT2D eigenvalue weighted by atomic mass is 9.98. The lowest BCUT2D eigenvalue weighted by molar-refractivity contribution is 0.102. The van der Waals surface area contributed by atoms with Crippen LogP contribution in [0.4, 0.5) is 5.95 Å². The number of halogens is 2. The second-order valence-electron chi connectivity index (χ2n) is 6.31. The highest BCUT2D eigenvalue weighted by Gasteiger charge is 2.22. The number of hydrogen-bond acceptors (Lipinski definition) is 4. The van der Waals surface area contributed by atoms with Crippen LogP contribution in [0, 0.1) is 13.8 Å². The minimum Gasteiger partial charge on any atom is -0.317 e. The molecule has 0 atom stereocenters. The SMILES string of the molecule is Cc1cc(C(=O)Nc2nc(C3CCNCC3)nn2C)c(C)cc1Br.Cl. The van der Waals surface area contributed by atoms with Crippen molar-refractivity contribution in [3.63, 3.8) is 0 Å². The molecule has 6 nitrogen and oxygen atoms in total. The Labute approximate surface area is 162 Å². The number of nitrogens with zero attached hydrogens (tertiary/aromatic N) is 3. The summed E-state index contributed by atoms with van der Waals surface area (Å²) in [6.45, 7) is 5.87. The van der Waals surface area contributed by atoms with Gasteiger partial charge in [0.05, 0.1) is 0 Å². The summed E-state index contributed by atoms with van der Waals surface area (Å²) in [5.74, 6) is 1.52. The largest absolute Gasteiger partial charge is 0.317 e. The van der Waals surface area contributed by atoms with Gasteiger partial charge >= 0.3 is 0 Å². The summed E-state index contributed by atoms with van der Waals surface area (Å²) >= 11 is 3.49. The average molecular weight is 429 g/mol. The van der Waals surface area contributed by atoms with Gasteiger partial charge in [-0.15, -0.1) is 12.4 Å². The van der Waals surface area contributed by atoms with Gasteiger partial charge in [0.15, 0.2) is 5.82 Å². The van der Waals surface area contributed by atoms with E-state index in [1.54, 1.807) is 4.68 Å². The third-order valence-corrected chi connectivity index (χ3v) is 5.31. The Hall–Kier alpha value is -1.44. The number of aromatic nitrogens is 3. The molecule has 0 saturated carbocycles. The molecule has 2 N–H and O–H groups in total. The van der Waals surface area contributed by atoms with Crippen molar-refractivity contribution in [2.45, 2.75) is 32.6 Å². The molecule has 0 unspecified atom stereocenters. The minimum atomic E-state index is -0.157. The van der Waals surface area contributed by atoms with Crippen molar-refractivity contribution in [1.29, 1.82) is 0 Å². The molecule has 1 aromatic heterocycles. The first-order valence-electron chi connectivity index (χ1n) is 8.15. The summed E-state index contributed by atoms with van der Waals surface area (Å²) in [6.07, 6.45) is 2.06. The molecule has 3 rings (SSSR count). The molecule has 1 aliphatic heterocycles. The first-order valence-corrected chi connectivity index (χ1v) is 8.94. The molecule has 25 heavy (non-hydrogen) atoms. The van der Waals surface area contributed by atoms with Gasteiger partial charge in [-0.1, -0.05) is 15.9 Å². The van der Waals surface area contributed by atoms with Gasteiger partial charge in [-0.2, -0.15) is 10.1 Å². The number of benzene rings is 1. The summed E-state index contributed by atoms with van der Waals surface area (Å²) in [5, 5.41) is 10.7. The smallest absolute Gasteiger partial charge is 0.258 e. The van der Waals surface area contributed by atoms with Crippen LogP contribution < -0.4 is 10.6 Å². The Kier molecular flexibility index (Phi) is 6.59. The number of nitrogens with one attached hydrogen (secondary N) is 2. The van der Waals surface area contributed by atoms with E-state index >= 15 is 0 Å². The van der Waals surface area contributed by atoms with E-state index in [-0.39, 0.29) is 18.3 Å². The second kappa shape index (κ2) is 8.29. The Morgan fingerprint density at radius 3 is 2.64 bits per heavy atom. The van der Waals surface area contributed by atoms with Crippen molar-refractivity contribution >= 4 is 40.2 Å². The topological polar surface area (TPSA) is 71.8 Å². The van der Waals surface area contributed by atoms with Crippen molar-refractivity contribution in [2.75, 3.05) is 18.4 Å². The highest BCUT2D eigenvalue weighted by atomic mass is 79.9. The van der Waals surface area contributed by atoms with Gasteiger partial charge in [-0.05, 0) is 63.0 Å². The monoisotopic (exact) mass is 427 g/mol. The van der Waals surface area contributed by atoms with Gasteiger partial charge in [-0.3, -0.25) is 10.1 Å². The molecule has 0 radical (unpaired) electrons. The molecular formula is C17H23BrClN5O. The van der Waals surface area contributed by atoms with Gasteiger partial charge in [0.2, 0.25) is 5.95 Å². The Balaban J connectivity index is 0.00000225. The van der Waals surface area contributed by atoms with Crippen LogP contribution in [0.5, 0.6) is 0 Å². The van der Waals surface area contributed by atoms with Crippen LogP contribution in [0.15, 0.2) is 16.6 Å². The molecule has 1 aromatic carbocycles. The maximum absolute atomic E-state index is 12.6. The number of aryl methyl sites for hydroxylation is 3. The summed E-state index contributed by atoms with van der Waals surface area (Å²) < 4.78 is 2.65. The molecule has 0 aliphatic carbocycles. The van der Waals surface area contributed by atoms with Crippen LogP contribution in [0.2, 0.25) is 0 Å². The van der Waals surface area contributed by atoms with Crippen LogP contribution in [0.3, 0.4) is 0 Å². The third kappa shape index (κ3) is 4.40. The molecule has 8 heteroatoms. The first kappa shape index (κ1) is 19.9. The summed E-state index contributed by atoms with van der Waals surface area (Å²) in [4.78, 5) is 17.2. The molecule has 1 amide bonds. The van der Waals surface area contributed by atoms with Crippen LogP contribution in [0.25, 0.3) is 0 Å². The summed E-state index contributed by atoms with van der Waals surface area (Å²) in [5.41, 5.74) is 2.60. The Morgan fingerprint density at radius 1 is 1.28 bits per heavy atom. The van der Waals surface area contributed by atoms with Crippen LogP contribution in [0.1, 0.15) is 46.1 Å². The maximum atomic E-state index is 12.6. The molecule has 1 saturated heterocycles. The van der Waals surface area contributed by atoms with Gasteiger partial charge in [0, 0.05) is 23.0 Å². The van der Waals surface area contributed by atoms with Crippen molar-refractivity contribution < 1.29 is 4.79 Å². The molecule has 2 heterocycles. The van der Waals surface area contributed by atoms with E-state index < -0.39 is 0 Å². The van der Waals surface area contributed by atoms with Gasteiger partial charge in [0.1, 0.15) is 0 Å². The third-order valence-electron chi connectivity index (χ3n) is 4.46. The molecular weight excluding hydrogens is 406 g/mol. The van der Waals surface area contributed by atoms with Crippen LogP contribution in [-0.4, -0.2) is 33.8 Å². The summed E-state index contributed by atoms with van der Waals surface area (Å²) in [7, 11) is 1.81. The van der Waals surface area contributed by atoms with E-state index in [9.17, 15) is 4.79 Å². The molecule has 0 spiro atoms. The number of amides is 1. The Bertz CT molecular complexity index is 771. The quantitative estimate of drug-likeness (QED) is 0.786. The van der Waals surface area contributed by atoms with E-state index in [0.717, 1.165) is 47.4 Å². The molecule has 2 aromatic rings. The second-order valence-corrected chi connectivity index (χ2v) is 7.17. The average Bonchev–Trinajstić information content (AvgIpc) is 2.92. The predicted octanol–water partition coefficient (Wildman–Crippen LogP) is 3.34. The van der Waals surface area contributed by atoms with Gasteiger partial charge in [0.25, 0.3) is 5.91 Å². The van der Waals surface area contributed by atoms with Crippen molar-refractivity contribution in [2.24, 2.45) is 7.05 Å². The normalized spacial score (nSPS) is 14.9. The van der Waals surface area contributed by atoms with E-state index in [2.05, 4.69) is 36.6 Å². The number of carbonyl (C=O) groups excluding carboxylic acids is 1. The fourth-order valence-electron chi connectivity index (χ4n) is 2.96. The van der Waals surface area contributed by atoms with Gasteiger partial charge in [-0.25, -0.2) is 4.68 Å². The minimum absolute atomic E-state index is 0. The molecule has 1 aliphatic rings. The standard InChI is InChI=1S/C17H22BrN5O.ClH/c1-10-9-14(18)11(2)8-13(10)16(24)21-17-20-15(22-23(17)3)12-4-6-19-7-5-12;/h8-9,12,19H,4-7H2,1-3H3,(H,20,21,22,24);1H. The number of piperidine rings is 1. The predicted molar refractivity (Wildman–Crippen MR) is 105 cm³/mol. The first-order chi connectivity index (χ1) is 11.5. The zero-order chi connectivity index (χ0) is 17.3. The number of rotatable bonds is 3.